The topological polar surface area (TPSA) is 67.9 Å². The monoisotopic (exact) mass is 426 g/mol. The first-order chi connectivity index (χ1) is 15.1. The van der Waals surface area contributed by atoms with E-state index in [0.29, 0.717) is 51.5 Å². The maximum atomic E-state index is 13.8. The largest absolute Gasteiger partial charge is 0.490 e. The first-order valence-corrected chi connectivity index (χ1v) is 10.7. The fourth-order valence-electron chi connectivity index (χ4n) is 4.29. The molecule has 0 atom stereocenters. The third-order valence-corrected chi connectivity index (χ3v) is 6.11. The van der Waals surface area contributed by atoms with Gasteiger partial charge in [-0.1, -0.05) is 24.3 Å². The van der Waals surface area contributed by atoms with Crippen LogP contribution in [0.3, 0.4) is 0 Å². The molecule has 6 nitrogen and oxygen atoms in total. The number of fused-ring (bicyclic) bond motifs is 1. The van der Waals surface area contributed by atoms with Crippen LogP contribution < -0.4 is 15.0 Å². The molecular formula is C24H27FN2O4. The van der Waals surface area contributed by atoms with E-state index in [4.69, 9.17) is 9.47 Å². The van der Waals surface area contributed by atoms with Crippen molar-refractivity contribution in [2.75, 3.05) is 37.8 Å². The van der Waals surface area contributed by atoms with Gasteiger partial charge in [0, 0.05) is 38.0 Å². The lowest BCUT2D eigenvalue weighted by Gasteiger charge is -2.38. The molecule has 2 amide bonds. The van der Waals surface area contributed by atoms with Crippen LogP contribution in [-0.4, -0.2) is 44.7 Å². The van der Waals surface area contributed by atoms with E-state index in [1.807, 2.05) is 30.3 Å². The van der Waals surface area contributed by atoms with Gasteiger partial charge in [0.1, 0.15) is 18.2 Å². The van der Waals surface area contributed by atoms with Gasteiger partial charge in [0.15, 0.2) is 0 Å². The minimum absolute atomic E-state index is 0.100. The van der Waals surface area contributed by atoms with Crippen LogP contribution >= 0.6 is 0 Å². The van der Waals surface area contributed by atoms with E-state index in [2.05, 4.69) is 5.32 Å². The molecule has 0 spiro atoms. The summed E-state index contributed by atoms with van der Waals surface area (Å²) in [6.07, 6.45) is 1.64. The Labute approximate surface area is 181 Å². The highest BCUT2D eigenvalue weighted by atomic mass is 19.1. The van der Waals surface area contributed by atoms with Gasteiger partial charge in [-0.15, -0.1) is 0 Å². The summed E-state index contributed by atoms with van der Waals surface area (Å²) in [5.74, 6) is 0.114. The van der Waals surface area contributed by atoms with Gasteiger partial charge in [-0.05, 0) is 42.7 Å². The molecule has 0 unspecified atom stereocenters. The average molecular weight is 426 g/mol. The summed E-state index contributed by atoms with van der Waals surface area (Å²) in [5.41, 5.74) is 1.26. The minimum Gasteiger partial charge on any atom is -0.490 e. The zero-order chi connectivity index (χ0) is 21.7. The molecule has 2 aromatic carbocycles. The molecule has 1 saturated heterocycles. The Kier molecular flexibility index (Phi) is 6.51. The normalized spacial score (nSPS) is 17.4. The Hall–Kier alpha value is -2.93. The highest BCUT2D eigenvalue weighted by Gasteiger charge is 2.35. The van der Waals surface area contributed by atoms with Crippen LogP contribution in [0.15, 0.2) is 48.5 Å². The van der Waals surface area contributed by atoms with Gasteiger partial charge < -0.3 is 19.7 Å². The maximum Gasteiger partial charge on any atom is 0.227 e. The fourth-order valence-corrected chi connectivity index (χ4v) is 4.29. The fraction of sp³-hybridized carbons (Fsp3) is 0.417. The molecule has 31 heavy (non-hydrogen) atoms. The molecule has 0 radical (unpaired) electrons. The zero-order valence-electron chi connectivity index (χ0n) is 17.4. The van der Waals surface area contributed by atoms with Crippen LogP contribution in [0.4, 0.5) is 10.1 Å². The molecule has 4 rings (SSSR count). The van der Waals surface area contributed by atoms with Crippen LogP contribution in [-0.2, 0) is 19.7 Å². The maximum absolute atomic E-state index is 13.8. The third-order valence-electron chi connectivity index (χ3n) is 6.11. The number of nitrogens with one attached hydrogen (secondary N) is 1. The highest BCUT2D eigenvalue weighted by molar-refractivity contribution is 5.97. The summed E-state index contributed by atoms with van der Waals surface area (Å²) in [5, 5.41) is 2.98. The molecule has 1 fully saturated rings. The zero-order valence-corrected chi connectivity index (χ0v) is 17.4. The molecule has 0 saturated carbocycles. The second-order valence-corrected chi connectivity index (χ2v) is 8.04. The lowest BCUT2D eigenvalue weighted by Crippen LogP contribution is -2.45. The van der Waals surface area contributed by atoms with E-state index in [0.717, 1.165) is 11.3 Å². The van der Waals surface area contributed by atoms with Crippen molar-refractivity contribution in [1.29, 1.82) is 0 Å². The van der Waals surface area contributed by atoms with Crippen molar-refractivity contribution in [3.63, 3.8) is 0 Å². The van der Waals surface area contributed by atoms with Crippen molar-refractivity contribution >= 4 is 17.5 Å². The Morgan fingerprint density at radius 3 is 2.65 bits per heavy atom. The van der Waals surface area contributed by atoms with Crippen LogP contribution in [0.25, 0.3) is 0 Å². The van der Waals surface area contributed by atoms with E-state index in [9.17, 15) is 14.0 Å². The summed E-state index contributed by atoms with van der Waals surface area (Å²) in [7, 11) is 0. The number of anilines is 1. The number of carbonyl (C=O) groups is 2. The van der Waals surface area contributed by atoms with Crippen LogP contribution in [0.2, 0.25) is 0 Å². The standard InChI is InChI=1S/C24H27FN2O4/c25-19-5-3-4-18(16-19)24(10-13-30-14-11-24)17-26-22(28)8-9-23(29)27-12-15-31-21-7-2-1-6-20(21)27/h1-7,16H,8-15,17H2,(H,26,28). The second-order valence-electron chi connectivity index (χ2n) is 8.04. The molecule has 0 bridgehead atoms. The molecule has 0 aromatic heterocycles. The first kappa shape index (κ1) is 21.3. The Bertz CT molecular complexity index is 943. The molecule has 0 aliphatic carbocycles. The number of nitrogens with zero attached hydrogens (tertiary/aromatic N) is 1. The Morgan fingerprint density at radius 2 is 1.84 bits per heavy atom. The van der Waals surface area contributed by atoms with Gasteiger partial charge in [0.2, 0.25) is 11.8 Å². The van der Waals surface area contributed by atoms with Crippen molar-refractivity contribution in [2.24, 2.45) is 0 Å². The first-order valence-electron chi connectivity index (χ1n) is 10.7. The van der Waals surface area contributed by atoms with Gasteiger partial charge in [-0.25, -0.2) is 4.39 Å². The average Bonchev–Trinajstić information content (AvgIpc) is 2.81. The smallest absolute Gasteiger partial charge is 0.227 e. The Morgan fingerprint density at radius 1 is 1.03 bits per heavy atom. The molecule has 2 heterocycles. The van der Waals surface area contributed by atoms with Crippen molar-refractivity contribution in [3.05, 3.63) is 59.9 Å². The third kappa shape index (κ3) is 4.88. The quantitative estimate of drug-likeness (QED) is 0.770. The minimum atomic E-state index is -0.358. The summed E-state index contributed by atoms with van der Waals surface area (Å²) in [6, 6.07) is 14.0. The summed E-state index contributed by atoms with van der Waals surface area (Å²) < 4.78 is 24.9. The molecule has 2 aromatic rings. The number of rotatable bonds is 6. The SMILES string of the molecule is O=C(CCC(=O)N1CCOc2ccccc21)NCC1(c2cccc(F)c2)CCOCC1. The number of para-hydroxylation sites is 2. The van der Waals surface area contributed by atoms with Crippen LogP contribution in [0.1, 0.15) is 31.2 Å². The number of amides is 2. The van der Waals surface area contributed by atoms with Crippen molar-refractivity contribution in [1.82, 2.24) is 5.32 Å². The van der Waals surface area contributed by atoms with Crippen molar-refractivity contribution < 1.29 is 23.5 Å². The molecule has 164 valence electrons. The van der Waals surface area contributed by atoms with Crippen LogP contribution in [0, 0.1) is 5.82 Å². The number of ether oxygens (including phenoxy) is 2. The van der Waals surface area contributed by atoms with E-state index < -0.39 is 0 Å². The van der Waals surface area contributed by atoms with E-state index in [-0.39, 0.29) is 35.9 Å². The van der Waals surface area contributed by atoms with Gasteiger partial charge in [0.05, 0.1) is 12.2 Å². The summed E-state index contributed by atoms with van der Waals surface area (Å²) in [6.45, 7) is 2.45. The lowest BCUT2D eigenvalue weighted by atomic mass is 9.74. The molecule has 2 aliphatic rings. The second kappa shape index (κ2) is 9.47. The predicted molar refractivity (Wildman–Crippen MR) is 115 cm³/mol. The van der Waals surface area contributed by atoms with Gasteiger partial charge >= 0.3 is 0 Å². The molecule has 2 aliphatic heterocycles. The predicted octanol–water partition coefficient (Wildman–Crippen LogP) is 3.20. The van der Waals surface area contributed by atoms with E-state index in [1.54, 1.807) is 11.0 Å². The van der Waals surface area contributed by atoms with E-state index in [1.165, 1.54) is 12.1 Å². The van der Waals surface area contributed by atoms with Crippen LogP contribution in [0.5, 0.6) is 5.75 Å². The highest BCUT2D eigenvalue weighted by Crippen LogP contribution is 2.35. The van der Waals surface area contributed by atoms with Gasteiger partial charge in [-0.3, -0.25) is 9.59 Å². The molecule has 1 N–H and O–H groups in total. The number of benzene rings is 2. The molecular weight excluding hydrogens is 399 g/mol. The van der Waals surface area contributed by atoms with Gasteiger partial charge in [-0.2, -0.15) is 0 Å². The number of hydrogen-bond donors (Lipinski definition) is 1. The lowest BCUT2D eigenvalue weighted by molar-refractivity contribution is -0.125. The number of hydrogen-bond acceptors (Lipinski definition) is 4. The number of carbonyl (C=O) groups excluding carboxylic acids is 2. The van der Waals surface area contributed by atoms with E-state index >= 15 is 0 Å². The van der Waals surface area contributed by atoms with Gasteiger partial charge in [0.25, 0.3) is 0 Å². The number of halogens is 1. The Balaban J connectivity index is 1.35. The summed E-state index contributed by atoms with van der Waals surface area (Å²) >= 11 is 0. The summed E-state index contributed by atoms with van der Waals surface area (Å²) in [4.78, 5) is 27.0. The van der Waals surface area contributed by atoms with Crippen molar-refractivity contribution in [3.8, 4) is 5.75 Å². The molecule has 7 heteroatoms. The van der Waals surface area contributed by atoms with Crippen molar-refractivity contribution in [2.45, 2.75) is 31.1 Å².